The number of carbonyl (C=O) groups excluding carboxylic acids is 1. The Morgan fingerprint density at radius 2 is 1.95 bits per heavy atom. The maximum absolute atomic E-state index is 12.7. The first-order chi connectivity index (χ1) is 10.7. The number of carbonyl (C=O) groups is 1. The van der Waals surface area contributed by atoms with Crippen molar-refractivity contribution in [1.29, 1.82) is 0 Å². The Hall–Kier alpha value is -1.30. The summed E-state index contributed by atoms with van der Waals surface area (Å²) in [6.45, 7) is 2.76. The van der Waals surface area contributed by atoms with E-state index in [0.29, 0.717) is 48.6 Å². The van der Waals surface area contributed by atoms with Gasteiger partial charge in [0.15, 0.2) is 6.29 Å². The van der Waals surface area contributed by atoms with Crippen LogP contribution in [0.5, 0.6) is 5.75 Å². The zero-order valence-electron chi connectivity index (χ0n) is 12.6. The average Bonchev–Trinajstić information content (AvgIpc) is 3.08. The van der Waals surface area contributed by atoms with E-state index in [1.807, 2.05) is 4.90 Å². The van der Waals surface area contributed by atoms with Crippen molar-refractivity contribution in [1.82, 2.24) is 4.90 Å². The van der Waals surface area contributed by atoms with Crippen LogP contribution in [0.3, 0.4) is 0 Å². The Labute approximate surface area is 135 Å². The number of ether oxygens (including phenoxy) is 3. The van der Waals surface area contributed by atoms with E-state index < -0.39 is 0 Å². The summed E-state index contributed by atoms with van der Waals surface area (Å²) in [5, 5.41) is 0.558. The molecule has 1 aromatic rings. The maximum atomic E-state index is 12.7. The highest BCUT2D eigenvalue weighted by Gasteiger charge is 2.32. The molecule has 2 heterocycles. The number of piperidine rings is 1. The number of nitrogens with zero attached hydrogens (tertiary/aromatic N) is 1. The summed E-state index contributed by atoms with van der Waals surface area (Å²) in [6, 6.07) is 5.10. The van der Waals surface area contributed by atoms with Gasteiger partial charge in [0.1, 0.15) is 5.75 Å². The van der Waals surface area contributed by atoms with E-state index in [4.69, 9.17) is 25.8 Å². The highest BCUT2D eigenvalue weighted by atomic mass is 35.5. The first-order valence-electron chi connectivity index (χ1n) is 7.55. The lowest BCUT2D eigenvalue weighted by molar-refractivity contribution is -0.0956. The van der Waals surface area contributed by atoms with Crippen LogP contribution >= 0.6 is 11.6 Å². The largest absolute Gasteiger partial charge is 0.496 e. The highest BCUT2D eigenvalue weighted by Crippen LogP contribution is 2.29. The number of amides is 1. The molecule has 3 rings (SSSR count). The van der Waals surface area contributed by atoms with Gasteiger partial charge in [0.05, 0.1) is 25.9 Å². The first-order valence-corrected chi connectivity index (χ1v) is 7.93. The molecular formula is C16H20ClNO4. The van der Waals surface area contributed by atoms with Crippen molar-refractivity contribution in [2.45, 2.75) is 19.1 Å². The van der Waals surface area contributed by atoms with Crippen LogP contribution in [0.15, 0.2) is 18.2 Å². The van der Waals surface area contributed by atoms with Crippen molar-refractivity contribution >= 4 is 17.5 Å². The van der Waals surface area contributed by atoms with E-state index in [1.165, 1.54) is 0 Å². The molecule has 0 spiro atoms. The number of likely N-dealkylation sites (tertiary alicyclic amines) is 1. The van der Waals surface area contributed by atoms with Crippen LogP contribution < -0.4 is 4.74 Å². The van der Waals surface area contributed by atoms with Gasteiger partial charge in [0, 0.05) is 24.0 Å². The molecule has 0 radical (unpaired) electrons. The zero-order chi connectivity index (χ0) is 15.5. The number of benzene rings is 1. The molecule has 0 bridgehead atoms. The van der Waals surface area contributed by atoms with Gasteiger partial charge in [-0.1, -0.05) is 11.6 Å². The molecule has 5 nitrogen and oxygen atoms in total. The van der Waals surface area contributed by atoms with Crippen LogP contribution in [0, 0.1) is 5.92 Å². The minimum Gasteiger partial charge on any atom is -0.496 e. The van der Waals surface area contributed by atoms with E-state index in [-0.39, 0.29) is 12.2 Å². The molecule has 0 saturated carbocycles. The number of halogens is 1. The molecule has 0 aromatic heterocycles. The summed E-state index contributed by atoms with van der Waals surface area (Å²) >= 11 is 5.95. The van der Waals surface area contributed by atoms with Gasteiger partial charge >= 0.3 is 0 Å². The Balaban J connectivity index is 1.64. The molecule has 0 unspecified atom stereocenters. The predicted molar refractivity (Wildman–Crippen MR) is 82.3 cm³/mol. The van der Waals surface area contributed by atoms with Crippen LogP contribution in [-0.4, -0.2) is 50.5 Å². The van der Waals surface area contributed by atoms with Crippen molar-refractivity contribution in [3.8, 4) is 5.75 Å². The van der Waals surface area contributed by atoms with Crippen molar-refractivity contribution in [2.75, 3.05) is 33.4 Å². The Morgan fingerprint density at radius 3 is 2.59 bits per heavy atom. The van der Waals surface area contributed by atoms with Crippen molar-refractivity contribution in [3.05, 3.63) is 28.8 Å². The van der Waals surface area contributed by atoms with Crippen molar-refractivity contribution in [2.24, 2.45) is 5.92 Å². The van der Waals surface area contributed by atoms with Gasteiger partial charge in [0.2, 0.25) is 0 Å². The van der Waals surface area contributed by atoms with E-state index >= 15 is 0 Å². The molecule has 0 N–H and O–H groups in total. The fraction of sp³-hybridized carbons (Fsp3) is 0.562. The second-order valence-electron chi connectivity index (χ2n) is 5.58. The number of hydrogen-bond acceptors (Lipinski definition) is 4. The predicted octanol–water partition coefficient (Wildman–Crippen LogP) is 2.57. The molecule has 2 fully saturated rings. The SMILES string of the molecule is COc1cc(Cl)ccc1C(=O)N1CCC(C2OCCO2)CC1. The zero-order valence-corrected chi connectivity index (χ0v) is 13.3. The normalized spacial score (nSPS) is 20.4. The van der Waals surface area contributed by atoms with Gasteiger partial charge in [-0.15, -0.1) is 0 Å². The van der Waals surface area contributed by atoms with Crippen molar-refractivity contribution < 1.29 is 19.0 Å². The van der Waals surface area contributed by atoms with Gasteiger partial charge in [0.25, 0.3) is 5.91 Å². The Bertz CT molecular complexity index is 537. The number of methoxy groups -OCH3 is 1. The highest BCUT2D eigenvalue weighted by molar-refractivity contribution is 6.30. The summed E-state index contributed by atoms with van der Waals surface area (Å²) in [5.41, 5.74) is 0.554. The van der Waals surface area contributed by atoms with Crippen LogP contribution in [0.25, 0.3) is 0 Å². The van der Waals surface area contributed by atoms with E-state index in [2.05, 4.69) is 0 Å². The van der Waals surface area contributed by atoms with Crippen molar-refractivity contribution in [3.63, 3.8) is 0 Å². The fourth-order valence-corrected chi connectivity index (χ4v) is 3.20. The van der Waals surface area contributed by atoms with E-state index in [9.17, 15) is 4.79 Å². The fourth-order valence-electron chi connectivity index (χ4n) is 3.04. The van der Waals surface area contributed by atoms with Gasteiger partial charge < -0.3 is 19.1 Å². The summed E-state index contributed by atoms with van der Waals surface area (Å²) in [6.07, 6.45) is 1.70. The lowest BCUT2D eigenvalue weighted by Gasteiger charge is -2.34. The first kappa shape index (κ1) is 15.6. The van der Waals surface area contributed by atoms with Gasteiger partial charge in [-0.25, -0.2) is 0 Å². The minimum absolute atomic E-state index is 0.0137. The molecule has 2 aliphatic heterocycles. The van der Waals surface area contributed by atoms with Crippen LogP contribution in [0.1, 0.15) is 23.2 Å². The maximum Gasteiger partial charge on any atom is 0.257 e. The number of rotatable bonds is 3. The van der Waals surface area contributed by atoms with E-state index in [0.717, 1.165) is 12.8 Å². The summed E-state index contributed by atoms with van der Waals surface area (Å²) in [7, 11) is 1.55. The Kier molecular flexibility index (Phi) is 4.86. The standard InChI is InChI=1S/C16H20ClNO4/c1-20-14-10-12(17)2-3-13(14)15(19)18-6-4-11(5-7-18)16-21-8-9-22-16/h2-3,10-11,16H,4-9H2,1H3. The lowest BCUT2D eigenvalue weighted by Crippen LogP contribution is -2.41. The third kappa shape index (κ3) is 3.21. The topological polar surface area (TPSA) is 48.0 Å². The van der Waals surface area contributed by atoms with E-state index in [1.54, 1.807) is 25.3 Å². The molecule has 2 saturated heterocycles. The molecular weight excluding hydrogens is 306 g/mol. The quantitative estimate of drug-likeness (QED) is 0.857. The molecule has 1 aromatic carbocycles. The summed E-state index contributed by atoms with van der Waals surface area (Å²) in [4.78, 5) is 14.5. The molecule has 6 heteroatoms. The second-order valence-corrected chi connectivity index (χ2v) is 6.02. The van der Waals surface area contributed by atoms with Gasteiger partial charge in [-0.3, -0.25) is 4.79 Å². The lowest BCUT2D eigenvalue weighted by atomic mass is 9.95. The second kappa shape index (κ2) is 6.86. The monoisotopic (exact) mass is 325 g/mol. The number of hydrogen-bond donors (Lipinski definition) is 0. The summed E-state index contributed by atoms with van der Waals surface area (Å²) in [5.74, 6) is 0.876. The van der Waals surface area contributed by atoms with Gasteiger partial charge in [-0.05, 0) is 31.0 Å². The third-order valence-electron chi connectivity index (χ3n) is 4.25. The average molecular weight is 326 g/mol. The molecule has 22 heavy (non-hydrogen) atoms. The van der Waals surface area contributed by atoms with Crippen LogP contribution in [0.4, 0.5) is 0 Å². The molecule has 0 aliphatic carbocycles. The smallest absolute Gasteiger partial charge is 0.257 e. The summed E-state index contributed by atoms with van der Waals surface area (Å²) < 4.78 is 16.4. The molecule has 1 amide bonds. The van der Waals surface area contributed by atoms with Gasteiger partial charge in [-0.2, -0.15) is 0 Å². The Morgan fingerprint density at radius 1 is 1.27 bits per heavy atom. The van der Waals surface area contributed by atoms with Crippen LogP contribution in [-0.2, 0) is 9.47 Å². The molecule has 120 valence electrons. The third-order valence-corrected chi connectivity index (χ3v) is 4.49. The molecule has 0 atom stereocenters. The molecule has 2 aliphatic rings. The minimum atomic E-state index is -0.0951. The van der Waals surface area contributed by atoms with Crippen LogP contribution in [0.2, 0.25) is 5.02 Å².